The number of carbonyl (C=O) groups is 1. The van der Waals surface area contributed by atoms with Crippen LogP contribution < -0.4 is 10.1 Å². The first-order chi connectivity index (χ1) is 14.1. The van der Waals surface area contributed by atoms with Crippen molar-refractivity contribution in [1.82, 2.24) is 15.5 Å². The number of fused-ring (bicyclic) bond motifs is 1. The Morgan fingerprint density at radius 2 is 2.00 bits per heavy atom. The second-order valence-electron chi connectivity index (χ2n) is 7.01. The van der Waals surface area contributed by atoms with Crippen molar-refractivity contribution in [2.24, 2.45) is 0 Å². The van der Waals surface area contributed by atoms with E-state index >= 15 is 0 Å². The smallest absolute Gasteiger partial charge is 0.277 e. The molecule has 29 heavy (non-hydrogen) atoms. The summed E-state index contributed by atoms with van der Waals surface area (Å²) in [5.41, 5.74) is 3.36. The molecule has 1 aliphatic rings. The number of aryl methyl sites for hydroxylation is 1. The molecule has 1 aromatic heterocycles. The van der Waals surface area contributed by atoms with Crippen LogP contribution in [0.3, 0.4) is 0 Å². The lowest BCUT2D eigenvalue weighted by Gasteiger charge is -2.27. The molecule has 4 rings (SSSR count). The Kier molecular flexibility index (Phi) is 5.85. The lowest BCUT2D eigenvalue weighted by atomic mass is 9.88. The van der Waals surface area contributed by atoms with E-state index in [4.69, 9.17) is 9.15 Å². The number of rotatable bonds is 6. The number of hydrogen-bond acceptors (Lipinski definition) is 6. The molecule has 2 aromatic carbocycles. The fourth-order valence-electron chi connectivity index (χ4n) is 3.51. The minimum atomic E-state index is -0.340. The molecule has 2 atom stereocenters. The van der Waals surface area contributed by atoms with Crippen LogP contribution >= 0.6 is 11.8 Å². The van der Waals surface area contributed by atoms with Gasteiger partial charge in [0.1, 0.15) is 5.75 Å². The average Bonchev–Trinajstić information content (AvgIpc) is 3.22. The monoisotopic (exact) mass is 409 g/mol. The maximum absolute atomic E-state index is 12.7. The molecular weight excluding hydrogens is 386 g/mol. The molecule has 0 saturated carbocycles. The molecule has 1 aliphatic carbocycles. The van der Waals surface area contributed by atoms with Crippen LogP contribution in [0.2, 0.25) is 0 Å². The molecule has 1 amide bonds. The zero-order valence-corrected chi connectivity index (χ0v) is 17.2. The largest absolute Gasteiger partial charge is 0.497 e. The number of ether oxygens (including phenoxy) is 1. The summed E-state index contributed by atoms with van der Waals surface area (Å²) >= 11 is 1.27. The minimum absolute atomic E-state index is 0.0269. The number of carbonyl (C=O) groups excluding carboxylic acids is 1. The average molecular weight is 410 g/mol. The Morgan fingerprint density at radius 1 is 1.21 bits per heavy atom. The van der Waals surface area contributed by atoms with Gasteiger partial charge in [-0.05, 0) is 61.6 Å². The summed E-state index contributed by atoms with van der Waals surface area (Å²) in [5, 5.41) is 11.4. The molecule has 0 spiro atoms. The van der Waals surface area contributed by atoms with Crippen LogP contribution in [0.15, 0.2) is 58.2 Å². The van der Waals surface area contributed by atoms with Gasteiger partial charge in [-0.25, -0.2) is 0 Å². The molecule has 0 saturated heterocycles. The van der Waals surface area contributed by atoms with E-state index < -0.39 is 0 Å². The molecule has 3 aromatic rings. The van der Waals surface area contributed by atoms with E-state index in [-0.39, 0.29) is 17.2 Å². The Labute approximate surface area is 174 Å². The SMILES string of the molecule is COc1ccc(-c2nnc(S[C@@H](C)C(=O)N[C@@H]3CCCc4ccccc43)o2)cc1. The number of nitrogens with one attached hydrogen (secondary N) is 1. The molecule has 0 radical (unpaired) electrons. The molecule has 1 heterocycles. The van der Waals surface area contributed by atoms with E-state index in [9.17, 15) is 4.79 Å². The molecule has 150 valence electrons. The van der Waals surface area contributed by atoms with E-state index in [0.29, 0.717) is 11.1 Å². The number of methoxy groups -OCH3 is 1. The van der Waals surface area contributed by atoms with Gasteiger partial charge in [-0.15, -0.1) is 10.2 Å². The van der Waals surface area contributed by atoms with Gasteiger partial charge in [-0.1, -0.05) is 36.0 Å². The van der Waals surface area contributed by atoms with Crippen molar-refractivity contribution < 1.29 is 13.9 Å². The summed E-state index contributed by atoms with van der Waals surface area (Å²) in [6.45, 7) is 1.85. The zero-order valence-electron chi connectivity index (χ0n) is 16.4. The van der Waals surface area contributed by atoms with Crippen molar-refractivity contribution >= 4 is 17.7 Å². The van der Waals surface area contributed by atoms with Crippen LogP contribution in [0, 0.1) is 0 Å². The van der Waals surface area contributed by atoms with E-state index in [1.807, 2.05) is 37.3 Å². The second kappa shape index (κ2) is 8.69. The van der Waals surface area contributed by atoms with Gasteiger partial charge >= 0.3 is 0 Å². The molecule has 0 bridgehead atoms. The molecule has 1 N–H and O–H groups in total. The van der Waals surface area contributed by atoms with Gasteiger partial charge in [-0.2, -0.15) is 0 Å². The summed E-state index contributed by atoms with van der Waals surface area (Å²) in [7, 11) is 1.62. The third-order valence-corrected chi connectivity index (χ3v) is 6.01. The first kappa shape index (κ1) is 19.5. The van der Waals surface area contributed by atoms with Crippen LogP contribution in [0.4, 0.5) is 0 Å². The summed E-state index contributed by atoms with van der Waals surface area (Å²) in [6, 6.07) is 15.8. The lowest BCUT2D eigenvalue weighted by Crippen LogP contribution is -2.35. The van der Waals surface area contributed by atoms with Crippen LogP contribution in [-0.4, -0.2) is 28.5 Å². The third-order valence-electron chi connectivity index (χ3n) is 5.08. The molecule has 0 fully saturated rings. The molecule has 0 unspecified atom stereocenters. The Hall–Kier alpha value is -2.80. The maximum atomic E-state index is 12.7. The number of thioether (sulfide) groups is 1. The first-order valence-corrected chi connectivity index (χ1v) is 10.5. The van der Waals surface area contributed by atoms with E-state index in [1.54, 1.807) is 7.11 Å². The summed E-state index contributed by atoms with van der Waals surface area (Å²) in [5.74, 6) is 1.15. The molecule has 6 nitrogen and oxygen atoms in total. The van der Waals surface area contributed by atoms with Gasteiger partial charge < -0.3 is 14.5 Å². The highest BCUT2D eigenvalue weighted by atomic mass is 32.2. The fourth-order valence-corrected chi connectivity index (χ4v) is 4.20. The van der Waals surface area contributed by atoms with E-state index in [1.165, 1.54) is 22.9 Å². The van der Waals surface area contributed by atoms with Crippen LogP contribution in [0.1, 0.15) is 36.9 Å². The summed E-state index contributed by atoms with van der Waals surface area (Å²) < 4.78 is 10.9. The number of nitrogens with zero attached hydrogens (tertiary/aromatic N) is 2. The van der Waals surface area contributed by atoms with Crippen molar-refractivity contribution in [1.29, 1.82) is 0 Å². The van der Waals surface area contributed by atoms with Crippen molar-refractivity contribution in [2.45, 2.75) is 42.7 Å². The number of amides is 1. The van der Waals surface area contributed by atoms with Gasteiger partial charge in [0, 0.05) is 5.56 Å². The predicted octanol–water partition coefficient (Wildman–Crippen LogP) is 4.42. The van der Waals surface area contributed by atoms with Crippen molar-refractivity contribution in [3.63, 3.8) is 0 Å². The van der Waals surface area contributed by atoms with Gasteiger partial charge in [0.05, 0.1) is 18.4 Å². The standard InChI is InChI=1S/C22H23N3O3S/c1-14(20(26)23-19-9-5-7-15-6-3-4-8-18(15)19)29-22-25-24-21(28-22)16-10-12-17(27-2)13-11-16/h3-4,6,8,10-14,19H,5,7,9H2,1-2H3,(H,23,26)/t14-,19+/m0/s1. The highest BCUT2D eigenvalue weighted by Gasteiger charge is 2.25. The van der Waals surface area contributed by atoms with Gasteiger partial charge in [0.25, 0.3) is 5.22 Å². The van der Waals surface area contributed by atoms with Crippen LogP contribution in [-0.2, 0) is 11.2 Å². The zero-order chi connectivity index (χ0) is 20.2. The third kappa shape index (κ3) is 4.45. The predicted molar refractivity (Wildman–Crippen MR) is 112 cm³/mol. The molecule has 7 heteroatoms. The highest BCUT2D eigenvalue weighted by molar-refractivity contribution is 8.00. The highest BCUT2D eigenvalue weighted by Crippen LogP contribution is 2.31. The van der Waals surface area contributed by atoms with Gasteiger partial charge in [0.15, 0.2) is 0 Å². The minimum Gasteiger partial charge on any atom is -0.497 e. The number of aromatic nitrogens is 2. The Balaban J connectivity index is 1.39. The van der Waals surface area contributed by atoms with Crippen LogP contribution in [0.25, 0.3) is 11.5 Å². The van der Waals surface area contributed by atoms with E-state index in [0.717, 1.165) is 30.6 Å². The van der Waals surface area contributed by atoms with E-state index in [2.05, 4.69) is 33.7 Å². The first-order valence-electron chi connectivity index (χ1n) is 9.67. The fraction of sp³-hybridized carbons (Fsp3) is 0.318. The number of benzene rings is 2. The second-order valence-corrected chi connectivity index (χ2v) is 8.31. The Morgan fingerprint density at radius 3 is 2.79 bits per heavy atom. The number of hydrogen-bond donors (Lipinski definition) is 1. The molecule has 0 aliphatic heterocycles. The van der Waals surface area contributed by atoms with Gasteiger partial charge in [-0.3, -0.25) is 4.79 Å². The van der Waals surface area contributed by atoms with Crippen LogP contribution in [0.5, 0.6) is 5.75 Å². The summed E-state index contributed by atoms with van der Waals surface area (Å²) in [4.78, 5) is 12.7. The quantitative estimate of drug-likeness (QED) is 0.607. The Bertz CT molecular complexity index is 987. The summed E-state index contributed by atoms with van der Waals surface area (Å²) in [6.07, 6.45) is 3.11. The van der Waals surface area contributed by atoms with Gasteiger partial charge in [0.2, 0.25) is 11.8 Å². The van der Waals surface area contributed by atoms with Crippen molar-refractivity contribution in [3.8, 4) is 17.2 Å². The normalized spacial score (nSPS) is 16.7. The van der Waals surface area contributed by atoms with Crippen molar-refractivity contribution in [2.75, 3.05) is 7.11 Å². The van der Waals surface area contributed by atoms with Crippen molar-refractivity contribution in [3.05, 3.63) is 59.7 Å². The topological polar surface area (TPSA) is 77.2 Å². The maximum Gasteiger partial charge on any atom is 0.277 e. The molecular formula is C22H23N3O3S. The lowest BCUT2D eigenvalue weighted by molar-refractivity contribution is -0.121.